The Balaban J connectivity index is 1.51. The Morgan fingerprint density at radius 2 is 0.773 bits per heavy atom. The van der Waals surface area contributed by atoms with Crippen molar-refractivity contribution in [1.29, 1.82) is 0 Å². The quantitative estimate of drug-likeness (QED) is 0.204. The summed E-state index contributed by atoms with van der Waals surface area (Å²) in [6, 6.07) is 58.2. The molecule has 0 bridgehead atoms. The molecule has 0 fully saturated rings. The van der Waals surface area contributed by atoms with Crippen LogP contribution in [0.2, 0.25) is 0 Å². The summed E-state index contributed by atoms with van der Waals surface area (Å²) in [5, 5.41) is 16.2. The van der Waals surface area contributed by atoms with Crippen LogP contribution in [0.5, 0.6) is 0 Å². The molecule has 0 amide bonds. The molecule has 0 saturated carbocycles. The van der Waals surface area contributed by atoms with Gasteiger partial charge in [0.05, 0.1) is 0 Å². The first-order valence-electron chi connectivity index (χ1n) is 15.4. The molecule has 0 nitrogen and oxygen atoms in total. The van der Waals surface area contributed by atoms with E-state index in [0.29, 0.717) is 0 Å². The summed E-state index contributed by atoms with van der Waals surface area (Å²) in [4.78, 5) is 0. The van der Waals surface area contributed by atoms with Crippen LogP contribution in [-0.2, 0) is 0 Å². The van der Waals surface area contributed by atoms with E-state index in [1.54, 1.807) is 0 Å². The maximum Gasteiger partial charge on any atom is -0.000696 e. The van der Waals surface area contributed by atoms with Crippen molar-refractivity contribution in [2.75, 3.05) is 0 Å². The van der Waals surface area contributed by atoms with Gasteiger partial charge in [-0.15, -0.1) is 0 Å². The predicted octanol–water partition coefficient (Wildman–Crippen LogP) is 12.5. The summed E-state index contributed by atoms with van der Waals surface area (Å²) in [7, 11) is 0. The van der Waals surface area contributed by atoms with Crippen molar-refractivity contribution in [2.24, 2.45) is 0 Å². The maximum atomic E-state index is 2.45. The first kappa shape index (κ1) is 23.8. The van der Waals surface area contributed by atoms with Gasteiger partial charge in [-0.05, 0) is 110 Å². The van der Waals surface area contributed by atoms with Crippen LogP contribution >= 0.6 is 0 Å². The van der Waals surface area contributed by atoms with Gasteiger partial charge >= 0.3 is 0 Å². The van der Waals surface area contributed by atoms with Gasteiger partial charge < -0.3 is 0 Å². The van der Waals surface area contributed by atoms with Crippen LogP contribution in [0.4, 0.5) is 0 Å². The van der Waals surface area contributed by atoms with E-state index < -0.39 is 0 Å². The molecule has 0 heterocycles. The number of rotatable bonds is 3. The van der Waals surface area contributed by atoms with Crippen molar-refractivity contribution in [3.05, 3.63) is 158 Å². The molecule has 0 heteroatoms. The molecule has 10 aromatic carbocycles. The smallest absolute Gasteiger partial charge is 0.000696 e. The molecule has 202 valence electrons. The van der Waals surface area contributed by atoms with Crippen molar-refractivity contribution in [1.82, 2.24) is 0 Å². The number of hydrogen-bond acceptors (Lipinski definition) is 0. The van der Waals surface area contributed by atoms with Crippen molar-refractivity contribution in [3.8, 4) is 33.4 Å². The topological polar surface area (TPSA) is 0 Å². The molecule has 0 aliphatic heterocycles. The summed E-state index contributed by atoms with van der Waals surface area (Å²) in [5.74, 6) is 0. The lowest BCUT2D eigenvalue weighted by Crippen LogP contribution is -1.87. The second kappa shape index (κ2) is 8.89. The number of hydrogen-bond donors (Lipinski definition) is 0. The summed E-state index contributed by atoms with van der Waals surface area (Å²) in [6.45, 7) is 0. The van der Waals surface area contributed by atoms with Crippen LogP contribution in [0.1, 0.15) is 0 Å². The minimum atomic E-state index is 1.24. The number of benzene rings is 8. The summed E-state index contributed by atoms with van der Waals surface area (Å²) in [6.07, 6.45) is 0. The van der Waals surface area contributed by atoms with Crippen LogP contribution in [0.15, 0.2) is 158 Å². The SMILES string of the molecule is c1ccc(-c2cc3c(-c4ccccc4)c4c5cccc6c(-c7ccccc7)ccc(c65)c4c4c5ccccc5c(c2)c34)cc1. The lowest BCUT2D eigenvalue weighted by molar-refractivity contribution is 1.66. The van der Waals surface area contributed by atoms with E-state index in [4.69, 9.17) is 0 Å². The summed E-state index contributed by atoms with van der Waals surface area (Å²) >= 11 is 0. The molecule has 0 aromatic heterocycles. The summed E-state index contributed by atoms with van der Waals surface area (Å²) < 4.78 is 0. The van der Waals surface area contributed by atoms with Gasteiger partial charge in [0.25, 0.3) is 0 Å². The predicted molar refractivity (Wildman–Crippen MR) is 190 cm³/mol. The third-order valence-electron chi connectivity index (χ3n) is 9.73. The molecular formula is C44H26. The van der Waals surface area contributed by atoms with Crippen molar-refractivity contribution in [3.63, 3.8) is 0 Å². The van der Waals surface area contributed by atoms with Gasteiger partial charge in [-0.3, -0.25) is 0 Å². The minimum Gasteiger partial charge on any atom is -0.0622 e. The Hall–Kier alpha value is -5.72. The van der Waals surface area contributed by atoms with Gasteiger partial charge in [0.2, 0.25) is 0 Å². The van der Waals surface area contributed by atoms with E-state index in [-0.39, 0.29) is 0 Å². The molecular weight excluding hydrogens is 528 g/mol. The molecule has 0 N–H and O–H groups in total. The monoisotopic (exact) mass is 554 g/mol. The highest BCUT2D eigenvalue weighted by atomic mass is 14.3. The zero-order chi connectivity index (χ0) is 28.8. The fourth-order valence-corrected chi connectivity index (χ4v) is 7.97. The Bertz CT molecular complexity index is 2670. The minimum absolute atomic E-state index is 1.24. The van der Waals surface area contributed by atoms with E-state index in [0.717, 1.165) is 0 Å². The molecule has 0 saturated heterocycles. The van der Waals surface area contributed by atoms with E-state index in [1.807, 2.05) is 0 Å². The molecule has 0 spiro atoms. The first-order chi connectivity index (χ1) is 21.9. The van der Waals surface area contributed by atoms with Crippen LogP contribution in [-0.4, -0.2) is 0 Å². The van der Waals surface area contributed by atoms with E-state index in [9.17, 15) is 0 Å². The van der Waals surface area contributed by atoms with Gasteiger partial charge in [0.15, 0.2) is 0 Å². The molecule has 0 aliphatic rings. The van der Waals surface area contributed by atoms with Crippen LogP contribution in [0, 0.1) is 0 Å². The molecule has 0 atom stereocenters. The van der Waals surface area contributed by atoms with E-state index >= 15 is 0 Å². The molecule has 10 rings (SSSR count). The fraction of sp³-hybridized carbons (Fsp3) is 0. The Labute approximate surface area is 255 Å². The van der Waals surface area contributed by atoms with E-state index in [2.05, 4.69) is 158 Å². The first-order valence-corrected chi connectivity index (χ1v) is 15.4. The number of fused-ring (bicyclic) bond motifs is 7. The molecule has 0 aliphatic carbocycles. The van der Waals surface area contributed by atoms with Crippen molar-refractivity contribution >= 4 is 64.6 Å². The summed E-state index contributed by atoms with van der Waals surface area (Å²) in [5.41, 5.74) is 7.63. The molecule has 0 radical (unpaired) electrons. The van der Waals surface area contributed by atoms with Gasteiger partial charge in [-0.25, -0.2) is 0 Å². The highest BCUT2D eigenvalue weighted by Gasteiger charge is 2.25. The fourth-order valence-electron chi connectivity index (χ4n) is 7.97. The largest absolute Gasteiger partial charge is 0.0622 e. The van der Waals surface area contributed by atoms with Crippen molar-refractivity contribution in [2.45, 2.75) is 0 Å². The van der Waals surface area contributed by atoms with Crippen LogP contribution < -0.4 is 0 Å². The highest BCUT2D eigenvalue weighted by Crippen LogP contribution is 2.54. The average molecular weight is 555 g/mol. The zero-order valence-corrected chi connectivity index (χ0v) is 24.0. The lowest BCUT2D eigenvalue weighted by Gasteiger charge is -2.14. The maximum absolute atomic E-state index is 2.45. The Kier molecular flexibility index (Phi) is 4.81. The van der Waals surface area contributed by atoms with Gasteiger partial charge in [0, 0.05) is 0 Å². The van der Waals surface area contributed by atoms with E-state index in [1.165, 1.54) is 98.0 Å². The third kappa shape index (κ3) is 3.12. The standard InChI is InChI=1S/C44H26/c1-4-13-27(14-5-1)30-25-37-32-19-10-11-20-34(32)42-41(37)38(26-30)39(29-17-8-3-9-18-29)43-35-22-12-21-33-31(28-15-6-2-7-16-28)23-24-36(40(33)35)44(42)43/h1-26H. The van der Waals surface area contributed by atoms with Crippen LogP contribution in [0.25, 0.3) is 98.0 Å². The van der Waals surface area contributed by atoms with Gasteiger partial charge in [-0.2, -0.15) is 0 Å². The molecule has 10 aromatic rings. The lowest BCUT2D eigenvalue weighted by atomic mass is 9.88. The van der Waals surface area contributed by atoms with Crippen LogP contribution in [0.3, 0.4) is 0 Å². The second-order valence-electron chi connectivity index (χ2n) is 12.0. The van der Waals surface area contributed by atoms with Gasteiger partial charge in [0.1, 0.15) is 0 Å². The van der Waals surface area contributed by atoms with Crippen molar-refractivity contribution < 1.29 is 0 Å². The molecule has 44 heavy (non-hydrogen) atoms. The van der Waals surface area contributed by atoms with Gasteiger partial charge in [-0.1, -0.05) is 146 Å². The molecule has 0 unspecified atom stereocenters. The average Bonchev–Trinajstić information content (AvgIpc) is 3.61. The highest BCUT2D eigenvalue weighted by molar-refractivity contribution is 6.48. The second-order valence-corrected chi connectivity index (χ2v) is 12.0. The Morgan fingerprint density at radius 3 is 1.52 bits per heavy atom. The normalized spacial score (nSPS) is 12.1. The Morgan fingerprint density at radius 1 is 0.227 bits per heavy atom. The zero-order valence-electron chi connectivity index (χ0n) is 24.0. The third-order valence-corrected chi connectivity index (χ3v) is 9.73.